The molecule has 0 radical (unpaired) electrons. The van der Waals surface area contributed by atoms with E-state index in [9.17, 15) is 9.59 Å². The Balaban J connectivity index is 1.80. The Kier molecular flexibility index (Phi) is 5.95. The summed E-state index contributed by atoms with van der Waals surface area (Å²) < 4.78 is 5.31. The summed E-state index contributed by atoms with van der Waals surface area (Å²) in [5.74, 6) is 1.19. The van der Waals surface area contributed by atoms with Crippen LogP contribution in [0.5, 0.6) is 5.75 Å². The lowest BCUT2D eigenvalue weighted by molar-refractivity contribution is -0.133. The predicted molar refractivity (Wildman–Crippen MR) is 85.0 cm³/mol. The highest BCUT2D eigenvalue weighted by atomic mass is 16.5. The van der Waals surface area contributed by atoms with E-state index in [0.717, 1.165) is 24.4 Å². The van der Waals surface area contributed by atoms with Crippen molar-refractivity contribution in [3.63, 3.8) is 0 Å². The van der Waals surface area contributed by atoms with Gasteiger partial charge < -0.3 is 9.64 Å². The molecular weight excluding hydrogens is 280 g/mol. The van der Waals surface area contributed by atoms with Crippen molar-refractivity contribution < 1.29 is 14.3 Å². The highest BCUT2D eigenvalue weighted by molar-refractivity contribution is 5.78. The molecule has 1 aromatic carbocycles. The molecule has 0 N–H and O–H groups in total. The fraction of sp³-hybridized carbons (Fsp3) is 0.529. The Labute approximate surface area is 131 Å². The number of benzene rings is 1. The maximum Gasteiger partial charge on any atom is 0.222 e. The third-order valence-electron chi connectivity index (χ3n) is 3.97. The molecule has 5 heteroatoms. The van der Waals surface area contributed by atoms with E-state index in [0.29, 0.717) is 32.5 Å². The quantitative estimate of drug-likeness (QED) is 0.796. The zero-order valence-electron chi connectivity index (χ0n) is 13.4. The number of aryl methyl sites for hydroxylation is 1. The first-order chi connectivity index (χ1) is 10.6. The Morgan fingerprint density at radius 3 is 2.45 bits per heavy atom. The molecule has 1 fully saturated rings. The number of carbonyl (C=O) groups excluding carboxylic acids is 2. The molecule has 0 unspecified atom stereocenters. The second-order valence-corrected chi connectivity index (χ2v) is 5.67. The molecule has 1 aliphatic heterocycles. The maximum absolute atomic E-state index is 12.3. The predicted octanol–water partition coefficient (Wildman–Crippen LogP) is 1.36. The average molecular weight is 304 g/mol. The van der Waals surface area contributed by atoms with Crippen LogP contribution in [0.3, 0.4) is 0 Å². The second kappa shape index (κ2) is 7.94. The molecule has 120 valence electrons. The lowest BCUT2D eigenvalue weighted by Crippen LogP contribution is -2.49. The highest BCUT2D eigenvalue weighted by Gasteiger charge is 2.21. The van der Waals surface area contributed by atoms with Crippen molar-refractivity contribution in [2.75, 3.05) is 39.8 Å². The van der Waals surface area contributed by atoms with E-state index in [1.165, 1.54) is 0 Å². The molecule has 1 saturated heterocycles. The minimum atomic E-state index is 0.174. The first kappa shape index (κ1) is 16.5. The molecule has 2 rings (SSSR count). The number of ether oxygens (including phenoxy) is 1. The van der Waals surface area contributed by atoms with Crippen molar-refractivity contribution in [1.29, 1.82) is 0 Å². The van der Waals surface area contributed by atoms with Crippen molar-refractivity contribution in [1.82, 2.24) is 9.80 Å². The van der Waals surface area contributed by atoms with Gasteiger partial charge in [0, 0.05) is 32.6 Å². The summed E-state index contributed by atoms with van der Waals surface area (Å²) in [5.41, 5.74) is 1.06. The van der Waals surface area contributed by atoms with Crippen LogP contribution in [0, 0.1) is 0 Å². The lowest BCUT2D eigenvalue weighted by atomic mass is 10.1. The number of methoxy groups -OCH3 is 1. The number of para-hydroxylation sites is 1. The summed E-state index contributed by atoms with van der Waals surface area (Å²) in [7, 11) is 1.65. The summed E-state index contributed by atoms with van der Waals surface area (Å²) in [6, 6.07) is 7.80. The number of hydrogen-bond acceptors (Lipinski definition) is 4. The van der Waals surface area contributed by atoms with Crippen molar-refractivity contribution in [2.45, 2.75) is 19.8 Å². The fourth-order valence-corrected chi connectivity index (χ4v) is 2.78. The van der Waals surface area contributed by atoms with Gasteiger partial charge >= 0.3 is 0 Å². The summed E-state index contributed by atoms with van der Waals surface area (Å²) in [6.45, 7) is 5.06. The van der Waals surface area contributed by atoms with Gasteiger partial charge in [0.25, 0.3) is 0 Å². The van der Waals surface area contributed by atoms with Crippen LogP contribution < -0.4 is 4.74 Å². The smallest absolute Gasteiger partial charge is 0.222 e. The van der Waals surface area contributed by atoms with Gasteiger partial charge in [0.05, 0.1) is 13.7 Å². The highest BCUT2D eigenvalue weighted by Crippen LogP contribution is 2.19. The molecule has 1 heterocycles. The van der Waals surface area contributed by atoms with Gasteiger partial charge in [-0.3, -0.25) is 14.5 Å². The molecule has 1 amide bonds. The minimum Gasteiger partial charge on any atom is -0.496 e. The van der Waals surface area contributed by atoms with Crippen molar-refractivity contribution in [2.24, 2.45) is 0 Å². The molecule has 0 bridgehead atoms. The van der Waals surface area contributed by atoms with Gasteiger partial charge in [-0.1, -0.05) is 18.2 Å². The van der Waals surface area contributed by atoms with Crippen LogP contribution in [0.25, 0.3) is 0 Å². The van der Waals surface area contributed by atoms with E-state index in [2.05, 4.69) is 4.90 Å². The van der Waals surface area contributed by atoms with Crippen LogP contribution >= 0.6 is 0 Å². The topological polar surface area (TPSA) is 49.9 Å². The van der Waals surface area contributed by atoms with Crippen LogP contribution in [0.2, 0.25) is 0 Å². The fourth-order valence-electron chi connectivity index (χ4n) is 2.78. The number of piperazine rings is 1. The number of rotatable bonds is 6. The summed E-state index contributed by atoms with van der Waals surface area (Å²) in [5, 5.41) is 0. The summed E-state index contributed by atoms with van der Waals surface area (Å²) in [4.78, 5) is 27.4. The zero-order chi connectivity index (χ0) is 15.9. The van der Waals surface area contributed by atoms with E-state index in [4.69, 9.17) is 4.74 Å². The van der Waals surface area contributed by atoms with E-state index >= 15 is 0 Å². The number of Topliss-reactive ketones (excluding diaryl/α,β-unsaturated/α-hetero) is 1. The summed E-state index contributed by atoms with van der Waals surface area (Å²) in [6.07, 6.45) is 1.18. The molecule has 1 aromatic rings. The number of ketones is 1. The summed E-state index contributed by atoms with van der Waals surface area (Å²) >= 11 is 0. The number of nitrogens with zero attached hydrogens (tertiary/aromatic N) is 2. The van der Waals surface area contributed by atoms with Crippen molar-refractivity contribution in [3.05, 3.63) is 29.8 Å². The Hall–Kier alpha value is -1.88. The Morgan fingerprint density at radius 2 is 1.82 bits per heavy atom. The van der Waals surface area contributed by atoms with Crippen molar-refractivity contribution >= 4 is 11.7 Å². The minimum absolute atomic E-state index is 0.174. The molecule has 22 heavy (non-hydrogen) atoms. The third kappa shape index (κ3) is 4.56. The molecule has 1 aliphatic rings. The average Bonchev–Trinajstić information content (AvgIpc) is 2.53. The van der Waals surface area contributed by atoms with E-state index in [-0.39, 0.29) is 11.7 Å². The molecule has 0 spiro atoms. The normalized spacial score (nSPS) is 15.6. The van der Waals surface area contributed by atoms with Crippen LogP contribution in [-0.4, -0.2) is 61.3 Å². The Morgan fingerprint density at radius 1 is 1.14 bits per heavy atom. The van der Waals surface area contributed by atoms with Gasteiger partial charge in [-0.25, -0.2) is 0 Å². The van der Waals surface area contributed by atoms with E-state index in [1.54, 1.807) is 14.0 Å². The number of carbonyl (C=O) groups is 2. The van der Waals surface area contributed by atoms with Gasteiger partial charge in [-0.05, 0) is 25.0 Å². The molecule has 0 atom stereocenters. The number of amides is 1. The van der Waals surface area contributed by atoms with Gasteiger partial charge in [0.1, 0.15) is 11.5 Å². The lowest BCUT2D eigenvalue weighted by Gasteiger charge is -2.34. The monoisotopic (exact) mass is 304 g/mol. The van der Waals surface area contributed by atoms with Gasteiger partial charge in [0.15, 0.2) is 0 Å². The molecule has 5 nitrogen and oxygen atoms in total. The largest absolute Gasteiger partial charge is 0.496 e. The third-order valence-corrected chi connectivity index (χ3v) is 3.97. The van der Waals surface area contributed by atoms with Gasteiger partial charge in [-0.15, -0.1) is 0 Å². The van der Waals surface area contributed by atoms with Crippen LogP contribution in [0.4, 0.5) is 0 Å². The molecule has 0 aliphatic carbocycles. The number of hydrogen-bond donors (Lipinski definition) is 0. The van der Waals surface area contributed by atoms with E-state index in [1.807, 2.05) is 29.2 Å². The first-order valence-electron chi connectivity index (χ1n) is 7.71. The zero-order valence-corrected chi connectivity index (χ0v) is 13.4. The van der Waals surface area contributed by atoms with Crippen LogP contribution in [-0.2, 0) is 16.0 Å². The van der Waals surface area contributed by atoms with Crippen molar-refractivity contribution in [3.8, 4) is 5.75 Å². The molecule has 0 saturated carbocycles. The standard InChI is InChI=1S/C17H24N2O3/c1-14(20)13-18-9-11-19(12-10-18)17(21)8-7-15-5-3-4-6-16(15)22-2/h3-6H,7-13H2,1-2H3. The Bertz CT molecular complexity index is 522. The SMILES string of the molecule is COc1ccccc1CCC(=O)N1CCN(CC(C)=O)CC1. The van der Waals surface area contributed by atoms with Crippen LogP contribution in [0.15, 0.2) is 24.3 Å². The first-order valence-corrected chi connectivity index (χ1v) is 7.71. The molecular formula is C17H24N2O3. The molecule has 0 aromatic heterocycles. The van der Waals surface area contributed by atoms with Gasteiger partial charge in [0.2, 0.25) is 5.91 Å². The van der Waals surface area contributed by atoms with Crippen LogP contribution in [0.1, 0.15) is 18.9 Å². The van der Waals surface area contributed by atoms with E-state index < -0.39 is 0 Å². The van der Waals surface area contributed by atoms with Gasteiger partial charge in [-0.2, -0.15) is 0 Å². The maximum atomic E-state index is 12.3. The second-order valence-electron chi connectivity index (χ2n) is 5.67.